The first kappa shape index (κ1) is 14.1. The lowest BCUT2D eigenvalue weighted by molar-refractivity contribution is -0.142. The topological polar surface area (TPSA) is 64.1 Å². The van der Waals surface area contributed by atoms with Gasteiger partial charge >= 0.3 is 12.0 Å². The quantitative estimate of drug-likeness (QED) is 0.794. The number of carboxylic acids is 1. The summed E-state index contributed by atoms with van der Waals surface area (Å²) in [7, 11) is 4.02. The largest absolute Gasteiger partial charge is 0.480 e. The van der Waals surface area contributed by atoms with Crippen LogP contribution in [-0.4, -0.2) is 77.6 Å². The molecule has 2 rings (SSSR count). The summed E-state index contributed by atoms with van der Waals surface area (Å²) in [4.78, 5) is 29.2. The highest BCUT2D eigenvalue weighted by Crippen LogP contribution is 2.26. The molecule has 6 nitrogen and oxygen atoms in total. The molecule has 0 aliphatic carbocycles. The standard InChI is InChI=1S/C13H23N3O3/c1-9-4-7-16(11(9)12(17)18)13(19)15-6-5-10(8-15)14(2)3/h9-11H,4-8H2,1-3H3,(H,17,18). The van der Waals surface area contributed by atoms with E-state index in [2.05, 4.69) is 4.90 Å². The Morgan fingerprint density at radius 2 is 1.89 bits per heavy atom. The van der Waals surface area contributed by atoms with E-state index in [1.807, 2.05) is 21.0 Å². The molecule has 19 heavy (non-hydrogen) atoms. The van der Waals surface area contributed by atoms with Gasteiger partial charge in [-0.25, -0.2) is 9.59 Å². The minimum Gasteiger partial charge on any atom is -0.480 e. The van der Waals surface area contributed by atoms with Crippen molar-refractivity contribution in [3.63, 3.8) is 0 Å². The molecule has 2 aliphatic heterocycles. The zero-order valence-corrected chi connectivity index (χ0v) is 11.9. The molecule has 108 valence electrons. The average Bonchev–Trinajstić information content (AvgIpc) is 2.93. The Balaban J connectivity index is 2.02. The maximum Gasteiger partial charge on any atom is 0.326 e. The van der Waals surface area contributed by atoms with Gasteiger partial charge in [-0.05, 0) is 32.9 Å². The third-order valence-electron chi connectivity index (χ3n) is 4.36. The molecule has 0 spiro atoms. The van der Waals surface area contributed by atoms with Gasteiger partial charge in [0.15, 0.2) is 0 Å². The lowest BCUT2D eigenvalue weighted by Crippen LogP contribution is -2.49. The number of amides is 2. The van der Waals surface area contributed by atoms with Crippen molar-refractivity contribution in [1.82, 2.24) is 14.7 Å². The van der Waals surface area contributed by atoms with Crippen LogP contribution in [0.4, 0.5) is 4.79 Å². The van der Waals surface area contributed by atoms with Crippen molar-refractivity contribution in [2.45, 2.75) is 31.8 Å². The molecule has 2 heterocycles. The van der Waals surface area contributed by atoms with Gasteiger partial charge in [-0.1, -0.05) is 6.92 Å². The van der Waals surface area contributed by atoms with E-state index in [0.29, 0.717) is 19.1 Å². The van der Waals surface area contributed by atoms with Crippen molar-refractivity contribution in [2.24, 2.45) is 5.92 Å². The molecule has 6 heteroatoms. The molecule has 0 aromatic carbocycles. The molecule has 0 radical (unpaired) electrons. The smallest absolute Gasteiger partial charge is 0.326 e. The van der Waals surface area contributed by atoms with E-state index in [9.17, 15) is 14.7 Å². The van der Waals surface area contributed by atoms with E-state index in [-0.39, 0.29) is 11.9 Å². The first-order chi connectivity index (χ1) is 8.91. The van der Waals surface area contributed by atoms with Crippen LogP contribution in [0.3, 0.4) is 0 Å². The van der Waals surface area contributed by atoms with E-state index in [0.717, 1.165) is 19.4 Å². The second kappa shape index (κ2) is 5.36. The summed E-state index contributed by atoms with van der Waals surface area (Å²) < 4.78 is 0. The Hall–Kier alpha value is -1.30. The van der Waals surface area contributed by atoms with Crippen molar-refractivity contribution in [2.75, 3.05) is 33.7 Å². The monoisotopic (exact) mass is 269 g/mol. The summed E-state index contributed by atoms with van der Waals surface area (Å²) >= 11 is 0. The highest BCUT2D eigenvalue weighted by molar-refractivity contribution is 5.83. The Morgan fingerprint density at radius 3 is 2.42 bits per heavy atom. The van der Waals surface area contributed by atoms with Crippen LogP contribution in [0.5, 0.6) is 0 Å². The minimum absolute atomic E-state index is 0.0358. The second-order valence-electron chi connectivity index (χ2n) is 5.88. The van der Waals surface area contributed by atoms with Gasteiger partial charge in [-0.15, -0.1) is 0 Å². The number of hydrogen-bond donors (Lipinski definition) is 1. The fourth-order valence-corrected chi connectivity index (χ4v) is 3.06. The van der Waals surface area contributed by atoms with Crippen molar-refractivity contribution < 1.29 is 14.7 Å². The normalized spacial score (nSPS) is 31.3. The molecule has 2 saturated heterocycles. The number of carbonyl (C=O) groups excluding carboxylic acids is 1. The van der Waals surface area contributed by atoms with Crippen LogP contribution in [-0.2, 0) is 4.79 Å². The molecular weight excluding hydrogens is 246 g/mol. The lowest BCUT2D eigenvalue weighted by Gasteiger charge is -2.29. The van der Waals surface area contributed by atoms with Gasteiger partial charge in [-0.3, -0.25) is 0 Å². The van der Waals surface area contributed by atoms with Crippen LogP contribution in [0.15, 0.2) is 0 Å². The van der Waals surface area contributed by atoms with Gasteiger partial charge in [0, 0.05) is 25.7 Å². The maximum atomic E-state index is 12.4. The van der Waals surface area contributed by atoms with Gasteiger partial charge in [0.1, 0.15) is 6.04 Å². The molecular formula is C13H23N3O3. The van der Waals surface area contributed by atoms with Crippen LogP contribution in [0.1, 0.15) is 19.8 Å². The predicted molar refractivity (Wildman–Crippen MR) is 71.0 cm³/mol. The van der Waals surface area contributed by atoms with Crippen molar-refractivity contribution in [3.05, 3.63) is 0 Å². The molecule has 0 saturated carbocycles. The first-order valence-electron chi connectivity index (χ1n) is 6.86. The number of urea groups is 1. The van der Waals surface area contributed by atoms with E-state index >= 15 is 0 Å². The third-order valence-corrected chi connectivity index (χ3v) is 4.36. The molecule has 3 unspecified atom stereocenters. The zero-order chi connectivity index (χ0) is 14.2. The van der Waals surface area contributed by atoms with Crippen molar-refractivity contribution in [1.29, 1.82) is 0 Å². The average molecular weight is 269 g/mol. The van der Waals surface area contributed by atoms with Gasteiger partial charge < -0.3 is 19.8 Å². The van der Waals surface area contributed by atoms with Gasteiger partial charge in [-0.2, -0.15) is 0 Å². The number of nitrogens with zero attached hydrogens (tertiary/aromatic N) is 3. The van der Waals surface area contributed by atoms with Gasteiger partial charge in [0.05, 0.1) is 0 Å². The fraction of sp³-hybridized carbons (Fsp3) is 0.846. The lowest BCUT2D eigenvalue weighted by atomic mass is 10.0. The highest BCUT2D eigenvalue weighted by atomic mass is 16.4. The highest BCUT2D eigenvalue weighted by Gasteiger charge is 2.42. The molecule has 1 N–H and O–H groups in total. The summed E-state index contributed by atoms with van der Waals surface area (Å²) in [5, 5.41) is 9.27. The van der Waals surface area contributed by atoms with Gasteiger partial charge in [0.2, 0.25) is 0 Å². The molecule has 2 aliphatic rings. The number of likely N-dealkylation sites (tertiary alicyclic amines) is 2. The Kier molecular flexibility index (Phi) is 3.99. The Morgan fingerprint density at radius 1 is 1.21 bits per heavy atom. The summed E-state index contributed by atoms with van der Waals surface area (Å²) in [6.07, 6.45) is 1.73. The predicted octanol–water partition coefficient (Wildman–Crippen LogP) is 0.537. The van der Waals surface area contributed by atoms with E-state index < -0.39 is 12.0 Å². The molecule has 2 fully saturated rings. The minimum atomic E-state index is -0.887. The Labute approximate surface area is 114 Å². The first-order valence-corrected chi connectivity index (χ1v) is 6.86. The van der Waals surface area contributed by atoms with Crippen LogP contribution in [0.25, 0.3) is 0 Å². The third kappa shape index (κ3) is 2.68. The number of carboxylic acid groups (broad SMARTS) is 1. The number of rotatable bonds is 2. The van der Waals surface area contributed by atoms with Crippen molar-refractivity contribution in [3.8, 4) is 0 Å². The maximum absolute atomic E-state index is 12.4. The number of likely N-dealkylation sites (N-methyl/N-ethyl adjacent to an activating group) is 1. The Bertz CT molecular complexity index is 372. The van der Waals surface area contributed by atoms with Crippen LogP contribution >= 0.6 is 0 Å². The summed E-state index contributed by atoms with van der Waals surface area (Å²) in [6.45, 7) is 3.88. The number of hydrogen-bond acceptors (Lipinski definition) is 3. The molecule has 2 amide bonds. The fourth-order valence-electron chi connectivity index (χ4n) is 3.06. The van der Waals surface area contributed by atoms with Crippen LogP contribution in [0, 0.1) is 5.92 Å². The SMILES string of the molecule is CC1CCN(C(=O)N2CCC(N(C)C)C2)C1C(=O)O. The summed E-state index contributed by atoms with van der Waals surface area (Å²) in [6, 6.07) is -0.390. The molecule has 0 bridgehead atoms. The van der Waals surface area contributed by atoms with E-state index in [1.54, 1.807) is 4.90 Å². The summed E-state index contributed by atoms with van der Waals surface area (Å²) in [5.74, 6) is -0.851. The van der Waals surface area contributed by atoms with E-state index in [1.165, 1.54) is 4.90 Å². The molecule has 0 aromatic rings. The van der Waals surface area contributed by atoms with Crippen LogP contribution in [0.2, 0.25) is 0 Å². The van der Waals surface area contributed by atoms with E-state index in [4.69, 9.17) is 0 Å². The van der Waals surface area contributed by atoms with Crippen molar-refractivity contribution >= 4 is 12.0 Å². The number of carbonyl (C=O) groups is 2. The molecule has 0 aromatic heterocycles. The zero-order valence-electron chi connectivity index (χ0n) is 11.9. The number of aliphatic carboxylic acids is 1. The van der Waals surface area contributed by atoms with Crippen LogP contribution < -0.4 is 0 Å². The second-order valence-corrected chi connectivity index (χ2v) is 5.88. The summed E-state index contributed by atoms with van der Waals surface area (Å²) in [5.41, 5.74) is 0. The molecule has 3 atom stereocenters. The van der Waals surface area contributed by atoms with Gasteiger partial charge in [0.25, 0.3) is 0 Å².